The Bertz CT molecular complexity index is 661. The molecule has 0 spiro atoms. The maximum atomic E-state index is 12.3. The molecule has 0 aliphatic carbocycles. The van der Waals surface area contributed by atoms with Gasteiger partial charge in [-0.05, 0) is 36.8 Å². The fourth-order valence-corrected chi connectivity index (χ4v) is 3.00. The monoisotopic (exact) mass is 359 g/mol. The van der Waals surface area contributed by atoms with E-state index in [4.69, 9.17) is 9.47 Å². The first kappa shape index (κ1) is 19.2. The summed E-state index contributed by atoms with van der Waals surface area (Å²) in [6.45, 7) is 3.37. The van der Waals surface area contributed by atoms with Crippen molar-refractivity contribution in [1.82, 2.24) is 5.32 Å². The van der Waals surface area contributed by atoms with Crippen molar-refractivity contribution >= 4 is 17.7 Å². The topological polar surface area (TPSA) is 47.6 Å². The molecule has 0 saturated heterocycles. The van der Waals surface area contributed by atoms with Crippen LogP contribution in [0.1, 0.15) is 30.1 Å². The van der Waals surface area contributed by atoms with Crippen LogP contribution in [0.2, 0.25) is 0 Å². The lowest BCUT2D eigenvalue weighted by atomic mass is 10.2. The lowest BCUT2D eigenvalue weighted by Gasteiger charge is -2.12. The summed E-state index contributed by atoms with van der Waals surface area (Å²) in [5.74, 6) is 1.98. The summed E-state index contributed by atoms with van der Waals surface area (Å²) in [6, 6.07) is 15.4. The van der Waals surface area contributed by atoms with Crippen LogP contribution in [0.15, 0.2) is 53.4 Å². The lowest BCUT2D eigenvalue weighted by Crippen LogP contribution is -2.25. The van der Waals surface area contributed by atoms with Crippen LogP contribution in [0.4, 0.5) is 0 Å². The Morgan fingerprint density at radius 1 is 1.12 bits per heavy atom. The highest BCUT2D eigenvalue weighted by Crippen LogP contribution is 2.28. The quantitative estimate of drug-likeness (QED) is 0.505. The summed E-state index contributed by atoms with van der Waals surface area (Å²) < 4.78 is 11.0. The summed E-state index contributed by atoms with van der Waals surface area (Å²) in [6.07, 6.45) is 2.06. The molecular formula is C20H25NO3S. The summed E-state index contributed by atoms with van der Waals surface area (Å²) in [5.41, 5.74) is 0.574. The molecule has 5 heteroatoms. The number of carbonyl (C=O) groups excluding carboxylic acids is 1. The second-order valence-corrected chi connectivity index (χ2v) is 6.65. The van der Waals surface area contributed by atoms with E-state index < -0.39 is 0 Å². The van der Waals surface area contributed by atoms with Gasteiger partial charge in [0.2, 0.25) is 0 Å². The zero-order chi connectivity index (χ0) is 17.9. The van der Waals surface area contributed by atoms with Crippen molar-refractivity contribution < 1.29 is 14.3 Å². The average molecular weight is 359 g/mol. The first-order valence-corrected chi connectivity index (χ1v) is 9.50. The van der Waals surface area contributed by atoms with Crippen molar-refractivity contribution in [2.45, 2.75) is 24.7 Å². The summed E-state index contributed by atoms with van der Waals surface area (Å²) >= 11 is 1.72. The van der Waals surface area contributed by atoms with Gasteiger partial charge in [-0.25, -0.2) is 0 Å². The highest BCUT2D eigenvalue weighted by atomic mass is 32.2. The number of hydrogen-bond donors (Lipinski definition) is 1. The largest absolute Gasteiger partial charge is 0.493 e. The van der Waals surface area contributed by atoms with Gasteiger partial charge in [0.1, 0.15) is 0 Å². The second-order valence-electron chi connectivity index (χ2n) is 5.49. The molecule has 2 aromatic carbocycles. The predicted molar refractivity (Wildman–Crippen MR) is 103 cm³/mol. The van der Waals surface area contributed by atoms with Crippen LogP contribution >= 0.6 is 11.8 Å². The fraction of sp³-hybridized carbons (Fsp3) is 0.350. The Hall–Kier alpha value is -2.14. The maximum Gasteiger partial charge on any atom is 0.251 e. The Labute approximate surface area is 153 Å². The number of amides is 1. The van der Waals surface area contributed by atoms with Gasteiger partial charge >= 0.3 is 0 Å². The Kier molecular flexibility index (Phi) is 8.19. The molecule has 25 heavy (non-hydrogen) atoms. The Balaban J connectivity index is 1.84. The molecule has 0 unspecified atom stereocenters. The van der Waals surface area contributed by atoms with Crippen molar-refractivity contribution in [2.24, 2.45) is 0 Å². The molecule has 134 valence electrons. The lowest BCUT2D eigenvalue weighted by molar-refractivity contribution is 0.0955. The molecule has 0 fully saturated rings. The number of thioether (sulfide) groups is 1. The molecule has 2 rings (SSSR count). The number of carbonyl (C=O) groups is 1. The minimum absolute atomic E-state index is 0.105. The van der Waals surface area contributed by atoms with Gasteiger partial charge in [-0.15, -0.1) is 11.8 Å². The molecule has 0 aliphatic rings. The molecule has 0 bridgehead atoms. The van der Waals surface area contributed by atoms with Crippen LogP contribution in [0, 0.1) is 0 Å². The third-order valence-corrected chi connectivity index (χ3v) is 4.59. The van der Waals surface area contributed by atoms with Gasteiger partial charge < -0.3 is 14.8 Å². The number of unbranched alkanes of at least 4 members (excludes halogenated alkanes) is 1. The minimum Gasteiger partial charge on any atom is -0.493 e. The van der Waals surface area contributed by atoms with Crippen LogP contribution < -0.4 is 14.8 Å². The minimum atomic E-state index is -0.105. The normalized spacial score (nSPS) is 10.3. The number of hydrogen-bond acceptors (Lipinski definition) is 4. The molecule has 0 heterocycles. The molecule has 1 amide bonds. The smallest absolute Gasteiger partial charge is 0.251 e. The van der Waals surface area contributed by atoms with Gasteiger partial charge in [0.05, 0.1) is 13.7 Å². The van der Waals surface area contributed by atoms with Crippen molar-refractivity contribution in [3.05, 3.63) is 54.1 Å². The van der Waals surface area contributed by atoms with Crippen LogP contribution in [0.3, 0.4) is 0 Å². The van der Waals surface area contributed by atoms with Gasteiger partial charge in [0.15, 0.2) is 11.5 Å². The van der Waals surface area contributed by atoms with Crippen LogP contribution in [-0.4, -0.2) is 31.9 Å². The van der Waals surface area contributed by atoms with Gasteiger partial charge in [-0.1, -0.05) is 31.5 Å². The second kappa shape index (κ2) is 10.7. The zero-order valence-corrected chi connectivity index (χ0v) is 15.6. The standard InChI is InChI=1S/C20H25NO3S/c1-3-4-13-24-18-11-10-16(15-19(18)23-2)20(22)21-12-14-25-17-8-6-5-7-9-17/h5-11,15H,3-4,12-14H2,1-2H3,(H,21,22). The fourth-order valence-electron chi connectivity index (χ4n) is 2.21. The number of methoxy groups -OCH3 is 1. The molecule has 0 aliphatic heterocycles. The van der Waals surface area contributed by atoms with Gasteiger partial charge in [-0.3, -0.25) is 4.79 Å². The van der Waals surface area contributed by atoms with E-state index in [9.17, 15) is 4.79 Å². The van der Waals surface area contributed by atoms with Gasteiger partial charge in [-0.2, -0.15) is 0 Å². The van der Waals surface area contributed by atoms with E-state index in [0.717, 1.165) is 18.6 Å². The van der Waals surface area contributed by atoms with E-state index in [1.807, 2.05) is 18.2 Å². The maximum absolute atomic E-state index is 12.3. The van der Waals surface area contributed by atoms with Crippen LogP contribution in [0.25, 0.3) is 0 Å². The summed E-state index contributed by atoms with van der Waals surface area (Å²) in [4.78, 5) is 13.5. The summed E-state index contributed by atoms with van der Waals surface area (Å²) in [5, 5.41) is 2.94. The zero-order valence-electron chi connectivity index (χ0n) is 14.8. The Morgan fingerprint density at radius 3 is 2.64 bits per heavy atom. The summed E-state index contributed by atoms with van der Waals surface area (Å²) in [7, 11) is 1.58. The van der Waals surface area contributed by atoms with Crippen molar-refractivity contribution in [2.75, 3.05) is 26.0 Å². The number of benzene rings is 2. The number of ether oxygens (including phenoxy) is 2. The number of rotatable bonds is 10. The molecule has 2 aromatic rings. The van der Waals surface area contributed by atoms with Crippen LogP contribution in [-0.2, 0) is 0 Å². The van der Waals surface area contributed by atoms with Gasteiger partial charge in [0.25, 0.3) is 5.91 Å². The molecule has 4 nitrogen and oxygen atoms in total. The van der Waals surface area contributed by atoms with E-state index >= 15 is 0 Å². The van der Waals surface area contributed by atoms with E-state index in [1.54, 1.807) is 37.1 Å². The molecule has 0 atom stereocenters. The molecule has 1 N–H and O–H groups in total. The van der Waals surface area contributed by atoms with Gasteiger partial charge in [0, 0.05) is 22.8 Å². The van der Waals surface area contributed by atoms with Crippen LogP contribution in [0.5, 0.6) is 11.5 Å². The SMILES string of the molecule is CCCCOc1ccc(C(=O)NCCSc2ccccc2)cc1OC. The van der Waals surface area contributed by atoms with Crippen molar-refractivity contribution in [1.29, 1.82) is 0 Å². The highest BCUT2D eigenvalue weighted by molar-refractivity contribution is 7.99. The van der Waals surface area contributed by atoms with Crippen molar-refractivity contribution in [3.8, 4) is 11.5 Å². The predicted octanol–water partition coefficient (Wildman–Crippen LogP) is 4.40. The third-order valence-electron chi connectivity index (χ3n) is 3.58. The van der Waals surface area contributed by atoms with E-state index in [-0.39, 0.29) is 5.91 Å². The first-order chi connectivity index (χ1) is 12.2. The molecule has 0 radical (unpaired) electrons. The van der Waals surface area contributed by atoms with E-state index in [2.05, 4.69) is 24.4 Å². The highest BCUT2D eigenvalue weighted by Gasteiger charge is 2.11. The van der Waals surface area contributed by atoms with E-state index in [1.165, 1.54) is 4.90 Å². The third kappa shape index (κ3) is 6.35. The molecule has 0 aromatic heterocycles. The van der Waals surface area contributed by atoms with E-state index in [0.29, 0.717) is 30.2 Å². The Morgan fingerprint density at radius 2 is 1.92 bits per heavy atom. The molecular weight excluding hydrogens is 334 g/mol. The van der Waals surface area contributed by atoms with Crippen molar-refractivity contribution in [3.63, 3.8) is 0 Å². The first-order valence-electron chi connectivity index (χ1n) is 8.51. The number of nitrogens with one attached hydrogen (secondary N) is 1. The molecule has 0 saturated carbocycles. The average Bonchev–Trinajstić information content (AvgIpc) is 2.66.